The van der Waals surface area contributed by atoms with Crippen LogP contribution in [0.2, 0.25) is 0 Å². The number of ether oxygens (including phenoxy) is 5. The van der Waals surface area contributed by atoms with Crippen LogP contribution in [0.3, 0.4) is 0 Å². The van der Waals surface area contributed by atoms with Crippen LogP contribution in [0.25, 0.3) is 0 Å². The molecule has 4 fully saturated rings. The summed E-state index contributed by atoms with van der Waals surface area (Å²) in [6.07, 6.45) is 10.2. The summed E-state index contributed by atoms with van der Waals surface area (Å²) in [5, 5.41) is 0. The van der Waals surface area contributed by atoms with Gasteiger partial charge in [-0.3, -0.25) is 0 Å². The minimum Gasteiger partial charge on any atom is -0.491 e. The molecule has 0 radical (unpaired) electrons. The van der Waals surface area contributed by atoms with E-state index < -0.39 is 0 Å². The van der Waals surface area contributed by atoms with E-state index in [4.69, 9.17) is 23.7 Å². The molecular weight excluding hydrogens is 408 g/mol. The highest BCUT2D eigenvalue weighted by Gasteiger charge is 2.33. The van der Waals surface area contributed by atoms with Crippen LogP contribution in [-0.4, -0.2) is 56.8 Å². The molecule has 0 spiro atoms. The third-order valence-electron chi connectivity index (χ3n) is 7.55. The Morgan fingerprint density at radius 3 is 2.06 bits per heavy atom. The van der Waals surface area contributed by atoms with Crippen molar-refractivity contribution < 1.29 is 28.5 Å². The Balaban J connectivity index is 1.03. The van der Waals surface area contributed by atoms with Gasteiger partial charge in [-0.25, -0.2) is 4.79 Å². The number of carbonyl (C=O) groups excluding carboxylic acids is 1. The Bertz CT molecular complexity index is 771. The van der Waals surface area contributed by atoms with Crippen molar-refractivity contribution in [3.63, 3.8) is 0 Å². The fourth-order valence-corrected chi connectivity index (χ4v) is 5.34. The number of benzene rings is 1. The molecule has 1 aromatic carbocycles. The molecule has 0 bridgehead atoms. The molecule has 32 heavy (non-hydrogen) atoms. The number of esters is 1. The van der Waals surface area contributed by atoms with Crippen LogP contribution in [0, 0.1) is 18.8 Å². The fraction of sp³-hybridized carbons (Fsp3) is 0.731. The van der Waals surface area contributed by atoms with Crippen LogP contribution in [0.15, 0.2) is 18.2 Å². The molecule has 176 valence electrons. The van der Waals surface area contributed by atoms with Crippen molar-refractivity contribution in [2.45, 2.75) is 82.7 Å². The lowest BCUT2D eigenvalue weighted by molar-refractivity contribution is -0.00858. The van der Waals surface area contributed by atoms with Crippen molar-refractivity contribution in [1.29, 1.82) is 0 Å². The summed E-state index contributed by atoms with van der Waals surface area (Å²) in [6, 6.07) is 5.58. The van der Waals surface area contributed by atoms with E-state index in [1.165, 1.54) is 38.5 Å². The molecule has 0 N–H and O–H groups in total. The highest BCUT2D eigenvalue weighted by molar-refractivity contribution is 5.91. The van der Waals surface area contributed by atoms with E-state index in [-0.39, 0.29) is 18.2 Å². The highest BCUT2D eigenvalue weighted by Crippen LogP contribution is 2.40. The highest BCUT2D eigenvalue weighted by atomic mass is 16.6. The molecule has 6 nitrogen and oxygen atoms in total. The molecule has 2 saturated carbocycles. The van der Waals surface area contributed by atoms with Gasteiger partial charge in [0.1, 0.15) is 30.7 Å². The normalized spacial score (nSPS) is 34.0. The van der Waals surface area contributed by atoms with E-state index in [9.17, 15) is 4.79 Å². The number of hydrogen-bond acceptors (Lipinski definition) is 6. The maximum atomic E-state index is 12.7. The maximum absolute atomic E-state index is 12.7. The first kappa shape index (κ1) is 22.2. The van der Waals surface area contributed by atoms with Crippen molar-refractivity contribution in [3.8, 4) is 5.75 Å². The van der Waals surface area contributed by atoms with Gasteiger partial charge in [0.25, 0.3) is 0 Å². The average molecular weight is 445 g/mol. The zero-order valence-electron chi connectivity index (χ0n) is 19.1. The second kappa shape index (κ2) is 10.1. The number of epoxide rings is 2. The van der Waals surface area contributed by atoms with Gasteiger partial charge in [-0.05, 0) is 93.9 Å². The van der Waals surface area contributed by atoms with Gasteiger partial charge >= 0.3 is 5.97 Å². The molecule has 2 aliphatic heterocycles. The summed E-state index contributed by atoms with van der Waals surface area (Å²) < 4.78 is 28.0. The minimum absolute atomic E-state index is 0.0410. The molecule has 0 aromatic heterocycles. The van der Waals surface area contributed by atoms with Gasteiger partial charge in [-0.15, -0.1) is 0 Å². The molecule has 4 aliphatic rings. The van der Waals surface area contributed by atoms with Crippen molar-refractivity contribution in [2.24, 2.45) is 11.8 Å². The number of carbonyl (C=O) groups is 1. The first-order valence-electron chi connectivity index (χ1n) is 12.4. The van der Waals surface area contributed by atoms with Crippen molar-refractivity contribution in [2.75, 3.05) is 26.4 Å². The van der Waals surface area contributed by atoms with E-state index in [1.54, 1.807) is 0 Å². The fourth-order valence-electron chi connectivity index (χ4n) is 5.34. The Morgan fingerprint density at radius 2 is 1.47 bits per heavy atom. The molecule has 2 saturated heterocycles. The van der Waals surface area contributed by atoms with Gasteiger partial charge in [0, 0.05) is 0 Å². The summed E-state index contributed by atoms with van der Waals surface area (Å²) in [5.74, 6) is 2.14. The predicted molar refractivity (Wildman–Crippen MR) is 119 cm³/mol. The molecule has 5 rings (SSSR count). The van der Waals surface area contributed by atoms with Gasteiger partial charge in [0.05, 0.1) is 31.5 Å². The number of hydrogen-bond donors (Lipinski definition) is 0. The molecule has 6 heteroatoms. The summed E-state index contributed by atoms with van der Waals surface area (Å²) >= 11 is 0. The Kier molecular flexibility index (Phi) is 7.00. The molecule has 2 heterocycles. The zero-order valence-corrected chi connectivity index (χ0v) is 19.1. The van der Waals surface area contributed by atoms with Crippen LogP contribution in [0.5, 0.6) is 5.75 Å². The van der Waals surface area contributed by atoms with Gasteiger partial charge in [-0.2, -0.15) is 0 Å². The Hall–Kier alpha value is -1.63. The van der Waals surface area contributed by atoms with Crippen LogP contribution in [-0.2, 0) is 18.9 Å². The zero-order chi connectivity index (χ0) is 21.9. The van der Waals surface area contributed by atoms with E-state index in [2.05, 4.69) is 0 Å². The minimum atomic E-state index is -0.208. The van der Waals surface area contributed by atoms with Crippen molar-refractivity contribution in [1.82, 2.24) is 0 Å². The van der Waals surface area contributed by atoms with Gasteiger partial charge in [-0.1, -0.05) is 0 Å². The predicted octanol–water partition coefficient (Wildman–Crippen LogP) is 4.46. The quantitative estimate of drug-likeness (QED) is 0.414. The standard InChI is InChI=1S/C26H36O6/c1-17-12-22(29-14-24-16-31-24)10-11-25(17)26(27)32-21-8-4-19(5-9-21)18-2-6-20(7-3-18)28-13-23-15-30-23/h10-12,18-21,23-24H,2-9,13-16H2,1H3. The molecule has 2 unspecified atom stereocenters. The maximum Gasteiger partial charge on any atom is 0.338 e. The smallest absolute Gasteiger partial charge is 0.338 e. The van der Waals surface area contributed by atoms with E-state index >= 15 is 0 Å². The lowest BCUT2D eigenvalue weighted by Crippen LogP contribution is -2.31. The largest absolute Gasteiger partial charge is 0.491 e. The molecule has 1 aromatic rings. The molecular formula is C26H36O6. The lowest BCUT2D eigenvalue weighted by atomic mass is 9.72. The summed E-state index contributed by atoms with van der Waals surface area (Å²) in [4.78, 5) is 12.7. The van der Waals surface area contributed by atoms with Gasteiger partial charge in [0.2, 0.25) is 0 Å². The van der Waals surface area contributed by atoms with E-state index in [0.717, 1.165) is 55.8 Å². The first-order valence-corrected chi connectivity index (χ1v) is 12.4. The Labute approximate surface area is 190 Å². The molecule has 2 atom stereocenters. The van der Waals surface area contributed by atoms with E-state index in [0.29, 0.717) is 24.4 Å². The van der Waals surface area contributed by atoms with E-state index in [1.807, 2.05) is 25.1 Å². The summed E-state index contributed by atoms with van der Waals surface area (Å²) in [7, 11) is 0. The molecule has 2 aliphatic carbocycles. The van der Waals surface area contributed by atoms with Crippen LogP contribution >= 0.6 is 0 Å². The first-order chi connectivity index (χ1) is 15.6. The van der Waals surface area contributed by atoms with Crippen molar-refractivity contribution in [3.05, 3.63) is 29.3 Å². The lowest BCUT2D eigenvalue weighted by Gasteiger charge is -2.37. The third kappa shape index (κ3) is 6.03. The number of aryl methyl sites for hydroxylation is 1. The van der Waals surface area contributed by atoms with Crippen molar-refractivity contribution >= 4 is 5.97 Å². The average Bonchev–Trinajstić information content (AvgIpc) is 3.72. The van der Waals surface area contributed by atoms with Crippen LogP contribution in [0.1, 0.15) is 67.3 Å². The Morgan fingerprint density at radius 1 is 0.875 bits per heavy atom. The summed E-state index contributed by atoms with van der Waals surface area (Å²) in [6.45, 7) is 4.93. The topological polar surface area (TPSA) is 69.8 Å². The third-order valence-corrected chi connectivity index (χ3v) is 7.55. The summed E-state index contributed by atoms with van der Waals surface area (Å²) in [5.41, 5.74) is 1.53. The van der Waals surface area contributed by atoms with Crippen LogP contribution < -0.4 is 4.74 Å². The SMILES string of the molecule is Cc1cc(OCC2CO2)ccc1C(=O)OC1CCC(C2CCC(OCC3CO3)CC2)CC1. The second-order valence-corrected chi connectivity index (χ2v) is 10.0. The van der Waals surface area contributed by atoms with Gasteiger partial charge in [0.15, 0.2) is 0 Å². The molecule has 0 amide bonds. The van der Waals surface area contributed by atoms with Gasteiger partial charge < -0.3 is 23.7 Å². The number of rotatable bonds is 9. The van der Waals surface area contributed by atoms with Crippen LogP contribution in [0.4, 0.5) is 0 Å². The monoisotopic (exact) mass is 444 g/mol. The second-order valence-electron chi connectivity index (χ2n) is 10.0.